The largest absolute Gasteiger partial charge is 0.520 e. The first kappa shape index (κ1) is 31.4. The summed E-state index contributed by atoms with van der Waals surface area (Å²) < 4.78 is 24.2. The molecule has 12 atom stereocenters. The molecule has 4 nitrogen and oxygen atoms in total. The van der Waals surface area contributed by atoms with Gasteiger partial charge in [-0.25, -0.2) is 0 Å². The Morgan fingerprint density at radius 3 is 2.33 bits per heavy atom. The van der Waals surface area contributed by atoms with E-state index >= 15 is 0 Å². The number of methoxy groups -OCH3 is 2. The highest BCUT2D eigenvalue weighted by molar-refractivity contribution is 6.70. The molecule has 5 heteroatoms. The summed E-state index contributed by atoms with van der Waals surface area (Å²) in [5.74, 6) is 7.22. The lowest BCUT2D eigenvalue weighted by Gasteiger charge is -2.67. The zero-order valence-corrected chi connectivity index (χ0v) is 28.3. The molecule has 4 fully saturated rings. The minimum Gasteiger partial charge on any atom is -0.520 e. The maximum Gasteiger partial charge on any atom is 0.260 e. The molecule has 0 aromatic rings. The number of allylic oxidation sites excluding steroid dienone is 1. The summed E-state index contributed by atoms with van der Waals surface area (Å²) in [5.41, 5.74) is 0.799. The molecule has 0 spiro atoms. The highest BCUT2D eigenvalue weighted by Gasteiger charge is 2.66. The second kappa shape index (κ2) is 12.0. The van der Waals surface area contributed by atoms with Crippen LogP contribution in [0.5, 0.6) is 0 Å². The Morgan fingerprint density at radius 2 is 1.72 bits per heavy atom. The van der Waals surface area contributed by atoms with Gasteiger partial charge in [-0.05, 0) is 128 Å². The molecule has 0 heterocycles. The van der Waals surface area contributed by atoms with E-state index < -0.39 is 8.32 Å². The van der Waals surface area contributed by atoms with Crippen molar-refractivity contribution < 1.29 is 18.6 Å². The summed E-state index contributed by atoms with van der Waals surface area (Å²) in [6, 6.07) is 0. The third-order valence-electron chi connectivity index (χ3n) is 12.6. The molecule has 39 heavy (non-hydrogen) atoms. The SMILES string of the molecule is CC[C@H]1[C@@H](OCOC)C2C3CC[C@H]([C@H](C)CC=C(OC)O[Si](C)(C)C)[C@@]3(C)[C@@H](C)CC2[C@@]2(C)CC[C@@H](C)C[C@@H]12. The second-order valence-electron chi connectivity index (χ2n) is 15.7. The molecule has 4 aliphatic carbocycles. The van der Waals surface area contributed by atoms with E-state index in [1.807, 2.05) is 0 Å². The number of hydrogen-bond donors (Lipinski definition) is 0. The first-order valence-corrected chi connectivity index (χ1v) is 19.8. The molecule has 4 aliphatic rings. The molecule has 0 aromatic carbocycles. The first-order valence-electron chi connectivity index (χ1n) is 16.3. The summed E-state index contributed by atoms with van der Waals surface area (Å²) in [4.78, 5) is 0. The monoisotopic (exact) mass is 562 g/mol. The van der Waals surface area contributed by atoms with E-state index in [1.165, 1.54) is 44.9 Å². The molecule has 0 aliphatic heterocycles. The average molecular weight is 563 g/mol. The van der Waals surface area contributed by atoms with Crippen molar-refractivity contribution in [1.29, 1.82) is 0 Å². The van der Waals surface area contributed by atoms with E-state index in [-0.39, 0.29) is 0 Å². The summed E-state index contributed by atoms with van der Waals surface area (Å²) in [7, 11) is 1.85. The molecule has 4 rings (SSSR count). The lowest BCUT2D eigenvalue weighted by atomic mass is 9.39. The van der Waals surface area contributed by atoms with Gasteiger partial charge < -0.3 is 18.6 Å². The van der Waals surface area contributed by atoms with Crippen molar-refractivity contribution in [3.05, 3.63) is 12.0 Å². The summed E-state index contributed by atoms with van der Waals surface area (Å²) >= 11 is 0. The summed E-state index contributed by atoms with van der Waals surface area (Å²) in [6.07, 6.45) is 13.1. The minimum absolute atomic E-state index is 0.333. The van der Waals surface area contributed by atoms with E-state index in [0.29, 0.717) is 41.5 Å². The molecule has 0 radical (unpaired) electrons. The quantitative estimate of drug-likeness (QED) is 0.151. The Morgan fingerprint density at radius 1 is 1.00 bits per heavy atom. The van der Waals surface area contributed by atoms with Crippen LogP contribution in [0.25, 0.3) is 0 Å². The van der Waals surface area contributed by atoms with Crippen LogP contribution in [0.1, 0.15) is 92.9 Å². The summed E-state index contributed by atoms with van der Waals surface area (Å²) in [5, 5.41) is 0. The molecule has 0 saturated heterocycles. The third kappa shape index (κ3) is 5.76. The van der Waals surface area contributed by atoms with Gasteiger partial charge in [0.15, 0.2) is 0 Å². The van der Waals surface area contributed by atoms with Crippen LogP contribution < -0.4 is 0 Å². The van der Waals surface area contributed by atoms with E-state index in [4.69, 9.17) is 18.6 Å². The fourth-order valence-electron chi connectivity index (χ4n) is 10.7. The van der Waals surface area contributed by atoms with Gasteiger partial charge in [-0.1, -0.05) is 54.4 Å². The second-order valence-corrected chi connectivity index (χ2v) is 20.2. The number of ether oxygens (including phenoxy) is 3. The van der Waals surface area contributed by atoms with E-state index in [0.717, 1.165) is 47.9 Å². The standard InChI is InChI=1S/C34H62O4Si/c1-12-25-28-19-22(2)17-18-33(28,5)29-20-24(4)34(6)26(14-15-27(34)31(29)32(25)37-21-35-7)23(3)13-16-30(36-8)38-39(9,10)11/h16,22-29,31-32H,12-15,17-21H2,1-11H3/t22-,23-,24+,25-,26-,27?,28+,29?,31?,32-,33+,34-/m1/s1. The van der Waals surface area contributed by atoms with Gasteiger partial charge in [0, 0.05) is 7.11 Å². The van der Waals surface area contributed by atoms with Crippen LogP contribution in [-0.2, 0) is 18.6 Å². The van der Waals surface area contributed by atoms with Crippen LogP contribution in [0.2, 0.25) is 19.6 Å². The molecule has 0 aromatic heterocycles. The highest BCUT2D eigenvalue weighted by Crippen LogP contribution is 2.71. The van der Waals surface area contributed by atoms with Gasteiger partial charge in [0.25, 0.3) is 5.95 Å². The fourth-order valence-corrected chi connectivity index (χ4v) is 11.5. The van der Waals surface area contributed by atoms with Crippen molar-refractivity contribution in [3.63, 3.8) is 0 Å². The van der Waals surface area contributed by atoms with Crippen molar-refractivity contribution >= 4 is 8.32 Å². The van der Waals surface area contributed by atoms with Crippen molar-refractivity contribution in [2.24, 2.45) is 64.1 Å². The Labute approximate surface area is 242 Å². The number of hydrogen-bond acceptors (Lipinski definition) is 4. The Hall–Kier alpha value is -0.523. The van der Waals surface area contributed by atoms with Gasteiger partial charge in [0.2, 0.25) is 8.32 Å². The zero-order chi connectivity index (χ0) is 28.8. The van der Waals surface area contributed by atoms with Crippen LogP contribution in [0.4, 0.5) is 0 Å². The van der Waals surface area contributed by atoms with Crippen LogP contribution in [0.3, 0.4) is 0 Å². The average Bonchev–Trinajstić information content (AvgIpc) is 3.24. The zero-order valence-electron chi connectivity index (χ0n) is 27.3. The third-order valence-corrected chi connectivity index (χ3v) is 13.4. The minimum atomic E-state index is -1.69. The highest BCUT2D eigenvalue weighted by atomic mass is 28.4. The number of rotatable bonds is 10. The van der Waals surface area contributed by atoms with E-state index in [1.54, 1.807) is 14.2 Å². The topological polar surface area (TPSA) is 36.9 Å². The van der Waals surface area contributed by atoms with Gasteiger partial charge in [0.05, 0.1) is 13.2 Å². The Bertz CT molecular complexity index is 853. The van der Waals surface area contributed by atoms with Crippen LogP contribution >= 0.6 is 0 Å². The molecule has 0 bridgehead atoms. The predicted octanol–water partition coefficient (Wildman–Crippen LogP) is 9.13. The maximum atomic E-state index is 6.80. The molecule has 3 unspecified atom stereocenters. The normalized spacial score (nSPS) is 45.2. The lowest BCUT2D eigenvalue weighted by Crippen LogP contribution is -2.63. The Balaban J connectivity index is 1.65. The molecular weight excluding hydrogens is 500 g/mol. The van der Waals surface area contributed by atoms with Crippen molar-refractivity contribution in [2.45, 2.75) is 119 Å². The lowest BCUT2D eigenvalue weighted by molar-refractivity contribution is -0.240. The van der Waals surface area contributed by atoms with E-state index in [2.05, 4.69) is 67.3 Å². The maximum absolute atomic E-state index is 6.80. The predicted molar refractivity (Wildman–Crippen MR) is 164 cm³/mol. The summed E-state index contributed by atoms with van der Waals surface area (Å²) in [6.45, 7) is 22.5. The number of fused-ring (bicyclic) bond motifs is 5. The molecule has 4 saturated carbocycles. The van der Waals surface area contributed by atoms with E-state index in [9.17, 15) is 0 Å². The van der Waals surface area contributed by atoms with Crippen molar-refractivity contribution in [2.75, 3.05) is 21.0 Å². The van der Waals surface area contributed by atoms with Gasteiger partial charge in [0.1, 0.15) is 6.79 Å². The molecule has 0 amide bonds. The first-order chi connectivity index (χ1) is 18.3. The van der Waals surface area contributed by atoms with Crippen molar-refractivity contribution in [3.8, 4) is 0 Å². The molecule has 0 N–H and O–H groups in total. The molecule has 226 valence electrons. The van der Waals surface area contributed by atoms with Gasteiger partial charge in [-0.3, -0.25) is 0 Å². The van der Waals surface area contributed by atoms with Crippen molar-refractivity contribution in [1.82, 2.24) is 0 Å². The Kier molecular flexibility index (Phi) is 9.66. The van der Waals surface area contributed by atoms with Gasteiger partial charge in [-0.15, -0.1) is 0 Å². The fraction of sp³-hybridized carbons (Fsp3) is 0.941. The van der Waals surface area contributed by atoms with Gasteiger partial charge in [-0.2, -0.15) is 0 Å². The van der Waals surface area contributed by atoms with Gasteiger partial charge >= 0.3 is 0 Å². The van der Waals surface area contributed by atoms with Crippen LogP contribution in [0.15, 0.2) is 12.0 Å². The van der Waals surface area contributed by atoms with Crippen LogP contribution in [0, 0.1) is 64.1 Å². The smallest absolute Gasteiger partial charge is 0.260 e. The van der Waals surface area contributed by atoms with Crippen LogP contribution in [-0.4, -0.2) is 35.4 Å². The molecular formula is C34H62O4Si.